The van der Waals surface area contributed by atoms with Crippen LogP contribution < -0.4 is 0 Å². The molecular weight excluding hydrogens is 367 g/mol. The van der Waals surface area contributed by atoms with E-state index in [2.05, 4.69) is 15.0 Å². The molecule has 0 unspecified atom stereocenters. The van der Waals surface area contributed by atoms with E-state index >= 15 is 0 Å². The average molecular weight is 381 g/mol. The Kier molecular flexibility index (Phi) is 4.22. The number of hydrogen-bond acceptors (Lipinski definition) is 4. The quantitative estimate of drug-likeness (QED) is 0.506. The molecule has 0 saturated heterocycles. The van der Waals surface area contributed by atoms with Gasteiger partial charge in [0.2, 0.25) is 0 Å². The molecule has 4 aromatic rings. The number of rotatable bonds is 2. The van der Waals surface area contributed by atoms with Gasteiger partial charge >= 0.3 is 6.18 Å². The Hall–Kier alpha value is -3.48. The first-order valence-electron chi connectivity index (χ1n) is 8.44. The normalized spacial score (nSPS) is 11.7. The lowest BCUT2D eigenvalue weighted by molar-refractivity contribution is -0.137. The molecule has 0 aliphatic carbocycles. The summed E-state index contributed by atoms with van der Waals surface area (Å²) in [6, 6.07) is 13.8. The summed E-state index contributed by atoms with van der Waals surface area (Å²) in [4.78, 5) is 12.7. The Morgan fingerprint density at radius 2 is 1.68 bits per heavy atom. The Balaban J connectivity index is 1.95. The molecule has 0 spiro atoms. The second-order valence-electron chi connectivity index (χ2n) is 6.27. The maximum Gasteiger partial charge on any atom is 0.418 e. The zero-order valence-corrected chi connectivity index (χ0v) is 14.7. The van der Waals surface area contributed by atoms with E-state index in [9.17, 15) is 18.3 Å². The van der Waals surface area contributed by atoms with Gasteiger partial charge in [-0.3, -0.25) is 4.98 Å². The Labute approximate surface area is 158 Å². The second kappa shape index (κ2) is 6.60. The van der Waals surface area contributed by atoms with Crippen molar-refractivity contribution in [1.29, 1.82) is 0 Å². The number of hydrogen-bond donors (Lipinski definition) is 1. The molecule has 2 aromatic carbocycles. The minimum absolute atomic E-state index is 0.0649. The van der Waals surface area contributed by atoms with Crippen molar-refractivity contribution in [2.24, 2.45) is 0 Å². The van der Waals surface area contributed by atoms with Gasteiger partial charge in [-0.2, -0.15) is 13.2 Å². The average Bonchev–Trinajstić information content (AvgIpc) is 2.66. The fraction of sp³-hybridized carbons (Fsp3) is 0.0952. The number of phenols is 1. The van der Waals surface area contributed by atoms with Crippen molar-refractivity contribution in [2.75, 3.05) is 0 Å². The molecule has 0 bridgehead atoms. The molecule has 0 aliphatic rings. The van der Waals surface area contributed by atoms with Crippen LogP contribution in [-0.4, -0.2) is 20.1 Å². The largest absolute Gasteiger partial charge is 0.507 e. The molecule has 0 radical (unpaired) electrons. The monoisotopic (exact) mass is 381 g/mol. The molecule has 0 aliphatic heterocycles. The van der Waals surface area contributed by atoms with E-state index in [-0.39, 0.29) is 11.4 Å². The van der Waals surface area contributed by atoms with E-state index in [0.717, 1.165) is 6.07 Å². The molecule has 0 amide bonds. The number of aryl methyl sites for hydroxylation is 1. The maximum absolute atomic E-state index is 13.3. The number of alkyl halides is 3. The summed E-state index contributed by atoms with van der Waals surface area (Å²) in [5.41, 5.74) is 0.867. The molecule has 0 saturated carbocycles. The smallest absolute Gasteiger partial charge is 0.418 e. The van der Waals surface area contributed by atoms with Crippen LogP contribution in [0.25, 0.3) is 33.4 Å². The van der Waals surface area contributed by atoms with Gasteiger partial charge in [-0.15, -0.1) is 0 Å². The van der Waals surface area contributed by atoms with Gasteiger partial charge in [0.1, 0.15) is 11.6 Å². The summed E-state index contributed by atoms with van der Waals surface area (Å²) in [6.07, 6.45) is -3.19. The van der Waals surface area contributed by atoms with E-state index in [4.69, 9.17) is 0 Å². The van der Waals surface area contributed by atoms with Crippen LogP contribution in [0.4, 0.5) is 13.2 Å². The number of phenolic OH excluding ortho intramolecular Hbond substituents is 1. The molecule has 1 N–H and O–H groups in total. The number of benzene rings is 2. The van der Waals surface area contributed by atoms with Crippen molar-refractivity contribution in [3.8, 4) is 28.3 Å². The molecule has 140 valence electrons. The predicted octanol–water partition coefficient (Wildman–Crippen LogP) is 5.39. The SMILES string of the molecule is Cc1nc(-c2ccccc2O)c2ccc(-c3ncccc3C(F)(F)F)cc2n1. The highest BCUT2D eigenvalue weighted by molar-refractivity contribution is 5.95. The fourth-order valence-electron chi connectivity index (χ4n) is 3.14. The standard InChI is InChI=1S/C21H14F3N3O/c1-12-26-17-11-13(19-16(21(22,23)24)6-4-10-25-19)8-9-14(17)20(27-12)15-5-2-3-7-18(15)28/h2-11,28H,1H3. The molecule has 4 nitrogen and oxygen atoms in total. The number of halogens is 3. The van der Waals surface area contributed by atoms with Crippen molar-refractivity contribution in [3.05, 3.63) is 72.2 Å². The summed E-state index contributed by atoms with van der Waals surface area (Å²) in [5.74, 6) is 0.509. The third-order valence-corrected chi connectivity index (χ3v) is 4.35. The van der Waals surface area contributed by atoms with Crippen LogP contribution in [0.2, 0.25) is 0 Å². The molecule has 7 heteroatoms. The van der Waals surface area contributed by atoms with Crippen molar-refractivity contribution in [3.63, 3.8) is 0 Å². The van der Waals surface area contributed by atoms with E-state index in [0.29, 0.717) is 33.5 Å². The maximum atomic E-state index is 13.3. The van der Waals surface area contributed by atoms with Crippen LogP contribution in [0.3, 0.4) is 0 Å². The highest BCUT2D eigenvalue weighted by Crippen LogP contribution is 2.38. The lowest BCUT2D eigenvalue weighted by Crippen LogP contribution is -2.08. The van der Waals surface area contributed by atoms with Crippen LogP contribution in [-0.2, 0) is 6.18 Å². The van der Waals surface area contributed by atoms with Gasteiger partial charge < -0.3 is 5.11 Å². The van der Waals surface area contributed by atoms with Gasteiger partial charge in [0.05, 0.1) is 22.5 Å². The first-order valence-corrected chi connectivity index (χ1v) is 8.44. The van der Waals surface area contributed by atoms with Gasteiger partial charge in [-0.25, -0.2) is 9.97 Å². The number of aromatic hydroxyl groups is 1. The predicted molar refractivity (Wildman–Crippen MR) is 99.6 cm³/mol. The molecule has 2 heterocycles. The summed E-state index contributed by atoms with van der Waals surface area (Å²) >= 11 is 0. The summed E-state index contributed by atoms with van der Waals surface area (Å²) in [6.45, 7) is 1.69. The van der Waals surface area contributed by atoms with Gasteiger partial charge in [0.15, 0.2) is 0 Å². The lowest BCUT2D eigenvalue weighted by atomic mass is 10.0. The Morgan fingerprint density at radius 1 is 0.893 bits per heavy atom. The highest BCUT2D eigenvalue weighted by atomic mass is 19.4. The van der Waals surface area contributed by atoms with E-state index in [1.165, 1.54) is 12.3 Å². The van der Waals surface area contributed by atoms with Gasteiger partial charge in [0, 0.05) is 22.7 Å². The van der Waals surface area contributed by atoms with Crippen LogP contribution in [0.1, 0.15) is 11.4 Å². The first-order chi connectivity index (χ1) is 13.3. The summed E-state index contributed by atoms with van der Waals surface area (Å²) in [7, 11) is 0. The van der Waals surface area contributed by atoms with E-state index < -0.39 is 11.7 Å². The molecular formula is C21H14F3N3O. The Morgan fingerprint density at radius 3 is 2.43 bits per heavy atom. The van der Waals surface area contributed by atoms with Crippen molar-refractivity contribution in [1.82, 2.24) is 15.0 Å². The molecule has 0 fully saturated rings. The van der Waals surface area contributed by atoms with E-state index in [1.54, 1.807) is 49.4 Å². The second-order valence-corrected chi connectivity index (χ2v) is 6.27. The van der Waals surface area contributed by atoms with Gasteiger partial charge in [-0.05, 0) is 43.3 Å². The first kappa shape index (κ1) is 17.9. The third kappa shape index (κ3) is 3.15. The topological polar surface area (TPSA) is 58.9 Å². The van der Waals surface area contributed by atoms with Crippen LogP contribution >= 0.6 is 0 Å². The molecule has 2 aromatic heterocycles. The molecule has 28 heavy (non-hydrogen) atoms. The zero-order valence-electron chi connectivity index (χ0n) is 14.7. The van der Waals surface area contributed by atoms with Crippen molar-refractivity contribution in [2.45, 2.75) is 13.1 Å². The van der Waals surface area contributed by atoms with Gasteiger partial charge in [0.25, 0.3) is 0 Å². The fourth-order valence-corrected chi connectivity index (χ4v) is 3.14. The third-order valence-electron chi connectivity index (χ3n) is 4.35. The van der Waals surface area contributed by atoms with Crippen molar-refractivity contribution < 1.29 is 18.3 Å². The Bertz CT molecular complexity index is 1190. The minimum atomic E-state index is -4.51. The van der Waals surface area contributed by atoms with E-state index in [1.807, 2.05) is 0 Å². The zero-order chi connectivity index (χ0) is 19.9. The number of aromatic nitrogens is 3. The van der Waals surface area contributed by atoms with Crippen LogP contribution in [0.15, 0.2) is 60.8 Å². The number of pyridine rings is 1. The molecule has 0 atom stereocenters. The highest BCUT2D eigenvalue weighted by Gasteiger charge is 2.34. The summed E-state index contributed by atoms with van der Waals surface area (Å²) in [5, 5.41) is 10.8. The molecule has 4 rings (SSSR count). The lowest BCUT2D eigenvalue weighted by Gasteiger charge is -2.13. The minimum Gasteiger partial charge on any atom is -0.507 e. The van der Waals surface area contributed by atoms with Crippen LogP contribution in [0, 0.1) is 6.92 Å². The van der Waals surface area contributed by atoms with Gasteiger partial charge in [-0.1, -0.05) is 18.2 Å². The number of nitrogens with zero attached hydrogens (tertiary/aromatic N) is 3. The summed E-state index contributed by atoms with van der Waals surface area (Å²) < 4.78 is 40.0. The number of fused-ring (bicyclic) bond motifs is 1. The number of para-hydroxylation sites is 1. The van der Waals surface area contributed by atoms with Crippen molar-refractivity contribution >= 4 is 10.9 Å². The van der Waals surface area contributed by atoms with Crippen LogP contribution in [0.5, 0.6) is 5.75 Å².